The molecule has 0 aliphatic heterocycles. The topological polar surface area (TPSA) is 8.17 Å². The molecule has 19 heavy (non-hydrogen) atoms. The van der Waals surface area contributed by atoms with Gasteiger partial charge in [0.25, 0.3) is 0 Å². The Morgan fingerprint density at radius 1 is 1.00 bits per heavy atom. The van der Waals surface area contributed by atoms with Gasteiger partial charge in [-0.3, -0.25) is 0 Å². The maximum Gasteiger partial charge on any atom is 0.0487 e. The van der Waals surface area contributed by atoms with Gasteiger partial charge in [-0.15, -0.1) is 0 Å². The standard InChI is InChI=1S/C17H20N2/c1-13(18(2)3)12-19-11-10-16-15-7-5-4-6-14(15)8-9-17(16)19/h4-11,13H,12H2,1-3H3/t13-/m1/s1. The third-order valence-corrected chi connectivity index (χ3v) is 4.02. The molecule has 2 heteroatoms. The van der Waals surface area contributed by atoms with Gasteiger partial charge in [0, 0.05) is 29.7 Å². The molecule has 0 aliphatic carbocycles. The second-order valence-electron chi connectivity index (χ2n) is 5.50. The van der Waals surface area contributed by atoms with Gasteiger partial charge in [0.1, 0.15) is 0 Å². The summed E-state index contributed by atoms with van der Waals surface area (Å²) < 4.78 is 2.35. The minimum Gasteiger partial charge on any atom is -0.346 e. The Morgan fingerprint density at radius 3 is 2.58 bits per heavy atom. The average Bonchev–Trinajstić information content (AvgIpc) is 2.82. The summed E-state index contributed by atoms with van der Waals surface area (Å²) in [5, 5.41) is 4.01. The van der Waals surface area contributed by atoms with Crippen molar-refractivity contribution in [3.8, 4) is 0 Å². The molecule has 0 saturated heterocycles. The summed E-state index contributed by atoms with van der Waals surface area (Å²) in [6, 6.07) is 15.8. The number of hydrogen-bond acceptors (Lipinski definition) is 1. The lowest BCUT2D eigenvalue weighted by atomic mass is 10.1. The smallest absolute Gasteiger partial charge is 0.0487 e. The third-order valence-electron chi connectivity index (χ3n) is 4.02. The number of fused-ring (bicyclic) bond motifs is 3. The molecule has 1 aromatic heterocycles. The maximum absolute atomic E-state index is 2.35. The van der Waals surface area contributed by atoms with Gasteiger partial charge in [0.15, 0.2) is 0 Å². The molecule has 0 N–H and O–H groups in total. The van der Waals surface area contributed by atoms with Crippen molar-refractivity contribution < 1.29 is 0 Å². The molecule has 0 unspecified atom stereocenters. The van der Waals surface area contributed by atoms with E-state index in [9.17, 15) is 0 Å². The third kappa shape index (κ3) is 2.13. The molecule has 0 fully saturated rings. The van der Waals surface area contributed by atoms with E-state index in [4.69, 9.17) is 0 Å². The molecule has 1 atom stereocenters. The molecule has 3 rings (SSSR count). The van der Waals surface area contributed by atoms with Crippen molar-refractivity contribution in [2.75, 3.05) is 14.1 Å². The van der Waals surface area contributed by atoms with Crippen molar-refractivity contribution in [2.45, 2.75) is 19.5 Å². The van der Waals surface area contributed by atoms with Gasteiger partial charge in [-0.25, -0.2) is 0 Å². The Hall–Kier alpha value is -1.80. The van der Waals surface area contributed by atoms with Crippen molar-refractivity contribution >= 4 is 21.7 Å². The first kappa shape index (κ1) is 12.2. The first-order chi connectivity index (χ1) is 9.16. The molecule has 1 heterocycles. The lowest BCUT2D eigenvalue weighted by Crippen LogP contribution is -2.28. The number of nitrogens with zero attached hydrogens (tertiary/aromatic N) is 2. The van der Waals surface area contributed by atoms with Crippen molar-refractivity contribution in [2.24, 2.45) is 0 Å². The second kappa shape index (κ2) is 4.71. The van der Waals surface area contributed by atoms with E-state index in [2.05, 4.69) is 79.1 Å². The van der Waals surface area contributed by atoms with Crippen LogP contribution < -0.4 is 0 Å². The van der Waals surface area contributed by atoms with Gasteiger partial charge in [-0.1, -0.05) is 30.3 Å². The highest BCUT2D eigenvalue weighted by Crippen LogP contribution is 2.26. The van der Waals surface area contributed by atoms with Crippen LogP contribution >= 0.6 is 0 Å². The monoisotopic (exact) mass is 252 g/mol. The van der Waals surface area contributed by atoms with Crippen molar-refractivity contribution in [3.63, 3.8) is 0 Å². The van der Waals surface area contributed by atoms with Crippen LogP contribution in [0.15, 0.2) is 48.7 Å². The molecule has 98 valence electrons. The van der Waals surface area contributed by atoms with Crippen LogP contribution in [0.25, 0.3) is 21.7 Å². The fraction of sp³-hybridized carbons (Fsp3) is 0.294. The number of aromatic nitrogens is 1. The lowest BCUT2D eigenvalue weighted by molar-refractivity contribution is 0.286. The Labute approximate surface area is 114 Å². The molecule has 0 spiro atoms. The molecule has 0 saturated carbocycles. The summed E-state index contributed by atoms with van der Waals surface area (Å²) in [6.45, 7) is 3.28. The minimum atomic E-state index is 0.530. The molecule has 3 aromatic rings. The molecule has 0 radical (unpaired) electrons. The second-order valence-corrected chi connectivity index (χ2v) is 5.50. The summed E-state index contributed by atoms with van der Waals surface area (Å²) in [5.74, 6) is 0. The average molecular weight is 252 g/mol. The van der Waals surface area contributed by atoms with E-state index in [1.165, 1.54) is 21.7 Å². The van der Waals surface area contributed by atoms with Crippen molar-refractivity contribution in [1.82, 2.24) is 9.47 Å². The van der Waals surface area contributed by atoms with Crippen LogP contribution in [-0.2, 0) is 6.54 Å². The Kier molecular flexibility index (Phi) is 3.03. The SMILES string of the molecule is C[C@H](Cn1ccc2c3ccccc3ccc21)N(C)C. The van der Waals surface area contributed by atoms with E-state index in [0.717, 1.165) is 6.54 Å². The first-order valence-corrected chi connectivity index (χ1v) is 6.80. The van der Waals surface area contributed by atoms with Crippen molar-refractivity contribution in [3.05, 3.63) is 48.7 Å². The zero-order valence-electron chi connectivity index (χ0n) is 11.8. The van der Waals surface area contributed by atoms with Gasteiger partial charge in [-0.2, -0.15) is 0 Å². The van der Waals surface area contributed by atoms with Gasteiger partial charge in [-0.05, 0) is 43.9 Å². The minimum absolute atomic E-state index is 0.530. The van der Waals surface area contributed by atoms with E-state index in [-0.39, 0.29) is 0 Å². The zero-order chi connectivity index (χ0) is 13.4. The molecule has 0 amide bonds. The fourth-order valence-electron chi connectivity index (χ4n) is 2.56. The summed E-state index contributed by atoms with van der Waals surface area (Å²) in [6.07, 6.45) is 2.21. The highest BCUT2D eigenvalue weighted by Gasteiger charge is 2.09. The van der Waals surface area contributed by atoms with Crippen molar-refractivity contribution in [1.29, 1.82) is 0 Å². The molecule has 0 bridgehead atoms. The number of benzene rings is 2. The van der Waals surface area contributed by atoms with Crippen LogP contribution in [0.2, 0.25) is 0 Å². The number of likely N-dealkylation sites (N-methyl/N-ethyl adjacent to an activating group) is 1. The van der Waals surface area contributed by atoms with Crippen LogP contribution in [0.3, 0.4) is 0 Å². The predicted octanol–water partition coefficient (Wildman–Crippen LogP) is 3.74. The van der Waals surface area contributed by atoms with Crippen LogP contribution in [0, 0.1) is 0 Å². The fourth-order valence-corrected chi connectivity index (χ4v) is 2.56. The number of rotatable bonds is 3. The van der Waals surface area contributed by atoms with Crippen LogP contribution in [0.1, 0.15) is 6.92 Å². The van der Waals surface area contributed by atoms with Crippen LogP contribution in [0.4, 0.5) is 0 Å². The first-order valence-electron chi connectivity index (χ1n) is 6.80. The molecule has 2 aromatic carbocycles. The summed E-state index contributed by atoms with van der Waals surface area (Å²) in [7, 11) is 4.26. The van der Waals surface area contributed by atoms with Gasteiger partial charge in [0.05, 0.1) is 0 Å². The van der Waals surface area contributed by atoms with Gasteiger partial charge in [0.2, 0.25) is 0 Å². The van der Waals surface area contributed by atoms with E-state index in [1.54, 1.807) is 0 Å². The Bertz CT molecular complexity index is 709. The summed E-state index contributed by atoms with van der Waals surface area (Å²) in [5.41, 5.74) is 1.33. The normalized spacial score (nSPS) is 13.5. The molecular weight excluding hydrogens is 232 g/mol. The van der Waals surface area contributed by atoms with E-state index in [0.29, 0.717) is 6.04 Å². The lowest BCUT2D eigenvalue weighted by Gasteiger charge is -2.20. The van der Waals surface area contributed by atoms with Crippen LogP contribution in [0.5, 0.6) is 0 Å². The summed E-state index contributed by atoms with van der Waals surface area (Å²) in [4.78, 5) is 2.26. The molecule has 2 nitrogen and oxygen atoms in total. The predicted molar refractivity (Wildman–Crippen MR) is 82.6 cm³/mol. The molecule has 0 aliphatic rings. The molecular formula is C17H20N2. The zero-order valence-corrected chi connectivity index (χ0v) is 11.8. The quantitative estimate of drug-likeness (QED) is 0.689. The largest absolute Gasteiger partial charge is 0.346 e. The van der Waals surface area contributed by atoms with E-state index >= 15 is 0 Å². The van der Waals surface area contributed by atoms with Gasteiger partial charge < -0.3 is 9.47 Å². The highest BCUT2D eigenvalue weighted by atomic mass is 15.1. The maximum atomic E-state index is 2.35. The number of hydrogen-bond donors (Lipinski definition) is 0. The van der Waals surface area contributed by atoms with Gasteiger partial charge >= 0.3 is 0 Å². The van der Waals surface area contributed by atoms with E-state index < -0.39 is 0 Å². The Morgan fingerprint density at radius 2 is 1.79 bits per heavy atom. The highest BCUT2D eigenvalue weighted by molar-refractivity contribution is 6.06. The van der Waals surface area contributed by atoms with E-state index in [1.807, 2.05) is 0 Å². The van der Waals surface area contributed by atoms with Crippen LogP contribution in [-0.4, -0.2) is 29.6 Å². The summed E-state index contributed by atoms with van der Waals surface area (Å²) >= 11 is 0. The Balaban J connectivity index is 2.11.